The first-order valence-corrected chi connectivity index (χ1v) is 5.01. The maximum absolute atomic E-state index is 11.9. The van der Waals surface area contributed by atoms with Gasteiger partial charge in [-0.05, 0) is 30.5 Å². The van der Waals surface area contributed by atoms with Crippen molar-refractivity contribution in [2.24, 2.45) is 0 Å². The second-order valence-electron chi connectivity index (χ2n) is 3.64. The number of hydrogen-bond acceptors (Lipinski definition) is 2. The van der Waals surface area contributed by atoms with Gasteiger partial charge in [-0.2, -0.15) is 13.2 Å². The van der Waals surface area contributed by atoms with E-state index in [1.54, 1.807) is 25.1 Å². The largest absolute Gasteiger partial charge is 0.471 e. The standard InChI is InChI=1S/C11H13F3N2O/c1-7-8(3-2-4-9(7)15)5-6-16-10(17)11(12,13)14/h2-4H,5-6,15H2,1H3,(H,16,17). The Labute approximate surface area is 96.8 Å². The topological polar surface area (TPSA) is 55.1 Å². The number of carbonyl (C=O) groups excluding carboxylic acids is 1. The summed E-state index contributed by atoms with van der Waals surface area (Å²) in [5.41, 5.74) is 7.90. The van der Waals surface area contributed by atoms with Gasteiger partial charge in [0, 0.05) is 12.2 Å². The molecule has 17 heavy (non-hydrogen) atoms. The Bertz CT molecular complexity index is 416. The van der Waals surface area contributed by atoms with Crippen molar-refractivity contribution in [3.63, 3.8) is 0 Å². The number of anilines is 1. The molecule has 3 N–H and O–H groups in total. The lowest BCUT2D eigenvalue weighted by molar-refractivity contribution is -0.173. The lowest BCUT2D eigenvalue weighted by Crippen LogP contribution is -2.37. The number of alkyl halides is 3. The summed E-state index contributed by atoms with van der Waals surface area (Å²) >= 11 is 0. The summed E-state index contributed by atoms with van der Waals surface area (Å²) < 4.78 is 35.7. The van der Waals surface area contributed by atoms with Crippen LogP contribution >= 0.6 is 0 Å². The van der Waals surface area contributed by atoms with Gasteiger partial charge < -0.3 is 11.1 Å². The van der Waals surface area contributed by atoms with Crippen molar-refractivity contribution in [1.29, 1.82) is 0 Å². The van der Waals surface area contributed by atoms with Crippen molar-refractivity contribution in [3.8, 4) is 0 Å². The van der Waals surface area contributed by atoms with E-state index in [9.17, 15) is 18.0 Å². The lowest BCUT2D eigenvalue weighted by Gasteiger charge is -2.10. The van der Waals surface area contributed by atoms with Crippen LogP contribution in [0.3, 0.4) is 0 Å². The molecule has 0 aliphatic carbocycles. The molecular weight excluding hydrogens is 233 g/mol. The van der Waals surface area contributed by atoms with Crippen LogP contribution in [0.2, 0.25) is 0 Å². The predicted molar refractivity (Wildman–Crippen MR) is 58.4 cm³/mol. The number of amides is 1. The van der Waals surface area contributed by atoms with E-state index < -0.39 is 12.1 Å². The zero-order valence-electron chi connectivity index (χ0n) is 9.27. The van der Waals surface area contributed by atoms with Crippen molar-refractivity contribution >= 4 is 11.6 Å². The fourth-order valence-corrected chi connectivity index (χ4v) is 1.39. The number of carbonyl (C=O) groups is 1. The molecule has 1 amide bonds. The molecule has 1 rings (SSSR count). The van der Waals surface area contributed by atoms with Crippen molar-refractivity contribution in [2.45, 2.75) is 19.5 Å². The summed E-state index contributed by atoms with van der Waals surface area (Å²) in [7, 11) is 0. The fourth-order valence-electron chi connectivity index (χ4n) is 1.39. The van der Waals surface area contributed by atoms with E-state index in [1.807, 2.05) is 5.32 Å². The van der Waals surface area contributed by atoms with Crippen molar-refractivity contribution in [1.82, 2.24) is 5.32 Å². The molecule has 0 aliphatic rings. The number of hydrogen-bond donors (Lipinski definition) is 2. The number of benzene rings is 1. The van der Waals surface area contributed by atoms with Gasteiger partial charge in [0.1, 0.15) is 0 Å². The minimum atomic E-state index is -4.83. The van der Waals surface area contributed by atoms with Gasteiger partial charge in [-0.15, -0.1) is 0 Å². The van der Waals surface area contributed by atoms with E-state index in [4.69, 9.17) is 5.73 Å². The van der Waals surface area contributed by atoms with Gasteiger partial charge in [-0.3, -0.25) is 4.79 Å². The minimum Gasteiger partial charge on any atom is -0.399 e. The van der Waals surface area contributed by atoms with E-state index in [0.717, 1.165) is 11.1 Å². The first-order chi connectivity index (χ1) is 7.82. The molecule has 6 heteroatoms. The summed E-state index contributed by atoms with van der Waals surface area (Å²) in [4.78, 5) is 10.5. The molecule has 3 nitrogen and oxygen atoms in total. The number of rotatable bonds is 3. The highest BCUT2D eigenvalue weighted by Gasteiger charge is 2.38. The second kappa shape index (κ2) is 5.07. The quantitative estimate of drug-likeness (QED) is 0.799. The first kappa shape index (κ1) is 13.3. The Balaban J connectivity index is 2.52. The predicted octanol–water partition coefficient (Wildman–Crippen LogP) is 1.80. The average Bonchev–Trinajstić information content (AvgIpc) is 2.22. The van der Waals surface area contributed by atoms with Crippen LogP contribution in [0.4, 0.5) is 18.9 Å². The third-order valence-corrected chi connectivity index (χ3v) is 2.43. The molecule has 1 aromatic rings. The van der Waals surface area contributed by atoms with Gasteiger partial charge >= 0.3 is 12.1 Å². The monoisotopic (exact) mass is 246 g/mol. The van der Waals surface area contributed by atoms with Gasteiger partial charge in [-0.1, -0.05) is 12.1 Å². The Morgan fingerprint density at radius 1 is 1.41 bits per heavy atom. The zero-order valence-corrected chi connectivity index (χ0v) is 9.27. The number of nitrogen functional groups attached to an aromatic ring is 1. The zero-order chi connectivity index (χ0) is 13.1. The van der Waals surface area contributed by atoms with Crippen LogP contribution < -0.4 is 11.1 Å². The highest BCUT2D eigenvalue weighted by molar-refractivity contribution is 5.81. The summed E-state index contributed by atoms with van der Waals surface area (Å²) in [6.45, 7) is 1.72. The molecule has 1 aromatic carbocycles. The van der Waals surface area contributed by atoms with E-state index in [2.05, 4.69) is 0 Å². The number of nitrogens with one attached hydrogen (secondary N) is 1. The van der Waals surface area contributed by atoms with E-state index in [-0.39, 0.29) is 6.54 Å². The van der Waals surface area contributed by atoms with E-state index in [1.165, 1.54) is 0 Å². The Morgan fingerprint density at radius 3 is 2.65 bits per heavy atom. The summed E-state index contributed by atoms with van der Waals surface area (Å²) in [6.07, 6.45) is -4.51. The van der Waals surface area contributed by atoms with Gasteiger partial charge in [-0.25, -0.2) is 0 Å². The molecule has 0 saturated heterocycles. The maximum atomic E-state index is 11.9. The number of halogens is 3. The molecule has 94 valence electrons. The Hall–Kier alpha value is -1.72. The highest BCUT2D eigenvalue weighted by atomic mass is 19.4. The van der Waals surface area contributed by atoms with Crippen LogP contribution in [0.1, 0.15) is 11.1 Å². The third-order valence-electron chi connectivity index (χ3n) is 2.43. The summed E-state index contributed by atoms with van der Waals surface area (Å²) in [6, 6.07) is 5.21. The molecule has 0 bridgehead atoms. The Kier molecular flexibility index (Phi) is 3.98. The Morgan fingerprint density at radius 2 is 2.06 bits per heavy atom. The molecule has 0 spiro atoms. The molecule has 0 atom stereocenters. The minimum absolute atomic E-state index is 0.0668. The molecule has 0 aliphatic heterocycles. The highest BCUT2D eigenvalue weighted by Crippen LogP contribution is 2.16. The molecule has 0 fully saturated rings. The third kappa shape index (κ3) is 3.65. The number of nitrogens with two attached hydrogens (primary N) is 1. The molecule has 0 radical (unpaired) electrons. The summed E-state index contributed by atoms with van der Waals surface area (Å²) in [5, 5.41) is 1.81. The van der Waals surface area contributed by atoms with Crippen LogP contribution in [0.5, 0.6) is 0 Å². The van der Waals surface area contributed by atoms with Gasteiger partial charge in [0.05, 0.1) is 0 Å². The second-order valence-corrected chi connectivity index (χ2v) is 3.64. The SMILES string of the molecule is Cc1c(N)cccc1CCNC(=O)C(F)(F)F. The van der Waals surface area contributed by atoms with Crippen LogP contribution in [-0.4, -0.2) is 18.6 Å². The average molecular weight is 246 g/mol. The molecule has 0 unspecified atom stereocenters. The lowest BCUT2D eigenvalue weighted by atomic mass is 10.0. The first-order valence-electron chi connectivity index (χ1n) is 5.01. The molecule has 0 heterocycles. The van der Waals surface area contributed by atoms with E-state index >= 15 is 0 Å². The smallest absolute Gasteiger partial charge is 0.399 e. The molecular formula is C11H13F3N2O. The normalized spacial score (nSPS) is 11.3. The van der Waals surface area contributed by atoms with Crippen molar-refractivity contribution < 1.29 is 18.0 Å². The maximum Gasteiger partial charge on any atom is 0.471 e. The molecule has 0 aromatic heterocycles. The van der Waals surface area contributed by atoms with Crippen LogP contribution in [0.15, 0.2) is 18.2 Å². The van der Waals surface area contributed by atoms with Crippen molar-refractivity contribution in [2.75, 3.05) is 12.3 Å². The van der Waals surface area contributed by atoms with Crippen LogP contribution in [0.25, 0.3) is 0 Å². The fraction of sp³-hybridized carbons (Fsp3) is 0.364. The van der Waals surface area contributed by atoms with E-state index in [0.29, 0.717) is 12.1 Å². The van der Waals surface area contributed by atoms with Crippen LogP contribution in [-0.2, 0) is 11.2 Å². The molecule has 0 saturated carbocycles. The summed E-state index contributed by atoms with van der Waals surface area (Å²) in [5.74, 6) is -1.92. The van der Waals surface area contributed by atoms with Gasteiger partial charge in [0.25, 0.3) is 0 Å². The van der Waals surface area contributed by atoms with Crippen molar-refractivity contribution in [3.05, 3.63) is 29.3 Å². The van der Waals surface area contributed by atoms with Crippen LogP contribution in [0, 0.1) is 6.92 Å². The van der Waals surface area contributed by atoms with Gasteiger partial charge in [0.15, 0.2) is 0 Å². The van der Waals surface area contributed by atoms with Gasteiger partial charge in [0.2, 0.25) is 0 Å².